The van der Waals surface area contributed by atoms with Crippen molar-refractivity contribution >= 4 is 0 Å². The molecule has 5 nitrogen and oxygen atoms in total. The van der Waals surface area contributed by atoms with Gasteiger partial charge in [0.05, 0.1) is 12.6 Å². The Morgan fingerprint density at radius 1 is 1.56 bits per heavy atom. The van der Waals surface area contributed by atoms with E-state index in [1.54, 1.807) is 0 Å². The molecule has 1 atom stereocenters. The summed E-state index contributed by atoms with van der Waals surface area (Å²) in [6.45, 7) is 4.47. The Labute approximate surface area is 95.4 Å². The molecule has 0 amide bonds. The summed E-state index contributed by atoms with van der Waals surface area (Å²) in [5.41, 5.74) is 0. The van der Waals surface area contributed by atoms with Crippen LogP contribution in [-0.2, 0) is 13.0 Å². The maximum atomic E-state index is 9.54. The zero-order valence-electron chi connectivity index (χ0n) is 9.72. The molecule has 1 aliphatic rings. The highest BCUT2D eigenvalue weighted by molar-refractivity contribution is 4.87. The first kappa shape index (κ1) is 11.5. The normalized spacial score (nSPS) is 22.5. The summed E-state index contributed by atoms with van der Waals surface area (Å²) in [6, 6.07) is 0. The minimum absolute atomic E-state index is 0.202. The molecule has 1 saturated heterocycles. The van der Waals surface area contributed by atoms with Crippen LogP contribution in [0.15, 0.2) is 4.52 Å². The lowest BCUT2D eigenvalue weighted by molar-refractivity contribution is 0.0613. The molecule has 90 valence electrons. The zero-order valence-corrected chi connectivity index (χ0v) is 9.72. The van der Waals surface area contributed by atoms with Crippen molar-refractivity contribution < 1.29 is 9.63 Å². The monoisotopic (exact) mass is 225 g/mol. The Kier molecular flexibility index (Phi) is 3.90. The lowest BCUT2D eigenvalue weighted by atomic mass is 10.1. The summed E-state index contributed by atoms with van der Waals surface area (Å²) in [5.74, 6) is 1.45. The minimum atomic E-state index is -0.202. The molecule has 0 radical (unpaired) electrons. The van der Waals surface area contributed by atoms with Crippen molar-refractivity contribution in [2.45, 2.75) is 45.3 Å². The molecule has 1 aromatic heterocycles. The molecular weight excluding hydrogens is 206 g/mol. The molecule has 16 heavy (non-hydrogen) atoms. The SMILES string of the molecule is CCCc1noc(CN2CCC[C@H](O)C2)n1. The van der Waals surface area contributed by atoms with Crippen molar-refractivity contribution in [2.24, 2.45) is 0 Å². The van der Waals surface area contributed by atoms with Gasteiger partial charge in [-0.3, -0.25) is 4.90 Å². The van der Waals surface area contributed by atoms with Crippen molar-refractivity contribution in [3.8, 4) is 0 Å². The number of aromatic nitrogens is 2. The van der Waals surface area contributed by atoms with Crippen LogP contribution in [0.2, 0.25) is 0 Å². The Balaban J connectivity index is 1.87. The fourth-order valence-corrected chi connectivity index (χ4v) is 2.05. The van der Waals surface area contributed by atoms with E-state index in [-0.39, 0.29) is 6.10 Å². The highest BCUT2D eigenvalue weighted by Crippen LogP contribution is 2.12. The molecule has 0 aliphatic carbocycles. The van der Waals surface area contributed by atoms with Gasteiger partial charge in [-0.15, -0.1) is 0 Å². The number of nitrogens with zero attached hydrogens (tertiary/aromatic N) is 3. The molecule has 2 heterocycles. The van der Waals surface area contributed by atoms with Crippen LogP contribution < -0.4 is 0 Å². The highest BCUT2D eigenvalue weighted by atomic mass is 16.5. The minimum Gasteiger partial charge on any atom is -0.392 e. The Morgan fingerprint density at radius 3 is 3.19 bits per heavy atom. The molecule has 5 heteroatoms. The number of likely N-dealkylation sites (tertiary alicyclic amines) is 1. The van der Waals surface area contributed by atoms with E-state index in [9.17, 15) is 5.11 Å². The van der Waals surface area contributed by atoms with E-state index < -0.39 is 0 Å². The number of hydrogen-bond donors (Lipinski definition) is 1. The highest BCUT2D eigenvalue weighted by Gasteiger charge is 2.19. The smallest absolute Gasteiger partial charge is 0.240 e. The summed E-state index contributed by atoms with van der Waals surface area (Å²) >= 11 is 0. The molecule has 1 fully saturated rings. The van der Waals surface area contributed by atoms with Gasteiger partial charge in [0.2, 0.25) is 5.89 Å². The molecule has 0 saturated carbocycles. The largest absolute Gasteiger partial charge is 0.392 e. The van der Waals surface area contributed by atoms with E-state index in [1.807, 2.05) is 0 Å². The summed E-state index contributed by atoms with van der Waals surface area (Å²) in [4.78, 5) is 6.48. The second-order valence-corrected chi connectivity index (χ2v) is 4.39. The van der Waals surface area contributed by atoms with Crippen molar-refractivity contribution in [3.63, 3.8) is 0 Å². The van der Waals surface area contributed by atoms with Gasteiger partial charge < -0.3 is 9.63 Å². The number of aliphatic hydroxyl groups is 1. The fraction of sp³-hybridized carbons (Fsp3) is 0.818. The van der Waals surface area contributed by atoms with Crippen molar-refractivity contribution in [1.29, 1.82) is 0 Å². The Hall–Kier alpha value is -0.940. The number of piperidine rings is 1. The van der Waals surface area contributed by atoms with Crippen LogP contribution in [-0.4, -0.2) is 39.3 Å². The third-order valence-electron chi connectivity index (χ3n) is 2.82. The van der Waals surface area contributed by atoms with E-state index in [0.717, 1.165) is 38.1 Å². The van der Waals surface area contributed by atoms with Gasteiger partial charge in [-0.25, -0.2) is 0 Å². The third kappa shape index (κ3) is 3.02. The zero-order chi connectivity index (χ0) is 11.4. The Bertz CT molecular complexity index is 327. The number of aliphatic hydroxyl groups excluding tert-OH is 1. The van der Waals surface area contributed by atoms with E-state index in [2.05, 4.69) is 22.0 Å². The van der Waals surface area contributed by atoms with Crippen LogP contribution in [0, 0.1) is 0 Å². The van der Waals surface area contributed by atoms with Crippen LogP contribution in [0.4, 0.5) is 0 Å². The van der Waals surface area contributed by atoms with Crippen molar-refractivity contribution in [1.82, 2.24) is 15.0 Å². The maximum Gasteiger partial charge on any atom is 0.240 e. The van der Waals surface area contributed by atoms with Crippen molar-refractivity contribution in [3.05, 3.63) is 11.7 Å². The lowest BCUT2D eigenvalue weighted by Crippen LogP contribution is -2.37. The van der Waals surface area contributed by atoms with Gasteiger partial charge in [0, 0.05) is 13.0 Å². The summed E-state index contributed by atoms with van der Waals surface area (Å²) in [7, 11) is 0. The molecular formula is C11H19N3O2. The molecule has 1 aromatic rings. The predicted octanol–water partition coefficient (Wildman–Crippen LogP) is 0.979. The summed E-state index contributed by atoms with van der Waals surface area (Å²) in [6.07, 6.45) is 3.64. The first-order valence-corrected chi connectivity index (χ1v) is 6.00. The number of hydrogen-bond acceptors (Lipinski definition) is 5. The van der Waals surface area contributed by atoms with Crippen LogP contribution in [0.3, 0.4) is 0 Å². The average Bonchev–Trinajstić information content (AvgIpc) is 2.66. The van der Waals surface area contributed by atoms with Gasteiger partial charge in [0.15, 0.2) is 5.82 Å². The number of aryl methyl sites for hydroxylation is 1. The predicted molar refractivity (Wildman–Crippen MR) is 58.8 cm³/mol. The molecule has 1 aliphatic heterocycles. The van der Waals surface area contributed by atoms with Crippen LogP contribution in [0.25, 0.3) is 0 Å². The molecule has 2 rings (SSSR count). The first-order chi connectivity index (χ1) is 7.78. The van der Waals surface area contributed by atoms with Crippen molar-refractivity contribution in [2.75, 3.05) is 13.1 Å². The van der Waals surface area contributed by atoms with E-state index in [1.165, 1.54) is 0 Å². The maximum absolute atomic E-state index is 9.54. The van der Waals surface area contributed by atoms with Crippen LogP contribution in [0.1, 0.15) is 37.9 Å². The molecule has 0 spiro atoms. The summed E-state index contributed by atoms with van der Waals surface area (Å²) in [5, 5.41) is 13.5. The second kappa shape index (κ2) is 5.41. The topological polar surface area (TPSA) is 62.4 Å². The lowest BCUT2D eigenvalue weighted by Gasteiger charge is -2.28. The molecule has 1 N–H and O–H groups in total. The number of β-amino-alcohol motifs (C(OH)–C–C–N with tert-alkyl or cyclic N) is 1. The molecule has 0 aromatic carbocycles. The molecule has 0 unspecified atom stereocenters. The van der Waals surface area contributed by atoms with E-state index in [0.29, 0.717) is 19.0 Å². The third-order valence-corrected chi connectivity index (χ3v) is 2.82. The van der Waals surface area contributed by atoms with E-state index >= 15 is 0 Å². The quantitative estimate of drug-likeness (QED) is 0.827. The second-order valence-electron chi connectivity index (χ2n) is 4.39. The standard InChI is InChI=1S/C11H19N3O2/c1-2-4-10-12-11(16-13-10)8-14-6-3-5-9(15)7-14/h9,15H,2-8H2,1H3/t9-/m0/s1. The summed E-state index contributed by atoms with van der Waals surface area (Å²) < 4.78 is 5.17. The average molecular weight is 225 g/mol. The van der Waals surface area contributed by atoms with Gasteiger partial charge in [-0.05, 0) is 25.8 Å². The van der Waals surface area contributed by atoms with Crippen LogP contribution in [0.5, 0.6) is 0 Å². The van der Waals surface area contributed by atoms with Gasteiger partial charge in [-0.2, -0.15) is 4.98 Å². The van der Waals surface area contributed by atoms with Crippen LogP contribution >= 0.6 is 0 Å². The number of rotatable bonds is 4. The first-order valence-electron chi connectivity index (χ1n) is 6.00. The Morgan fingerprint density at radius 2 is 2.44 bits per heavy atom. The molecule has 0 bridgehead atoms. The van der Waals surface area contributed by atoms with Gasteiger partial charge >= 0.3 is 0 Å². The van der Waals surface area contributed by atoms with E-state index in [4.69, 9.17) is 4.52 Å². The van der Waals surface area contributed by atoms with Gasteiger partial charge in [-0.1, -0.05) is 12.1 Å². The van der Waals surface area contributed by atoms with Gasteiger partial charge in [0.1, 0.15) is 0 Å². The fourth-order valence-electron chi connectivity index (χ4n) is 2.05. The van der Waals surface area contributed by atoms with Gasteiger partial charge in [0.25, 0.3) is 0 Å².